The third-order valence-electron chi connectivity index (χ3n) is 2.31. The minimum absolute atomic E-state index is 0.495. The Kier molecular flexibility index (Phi) is 5.68. The maximum atomic E-state index is 11.8. The Morgan fingerprint density at radius 3 is 2.94 bits per heavy atom. The van der Waals surface area contributed by atoms with Gasteiger partial charge in [0.1, 0.15) is 0 Å². The summed E-state index contributed by atoms with van der Waals surface area (Å²) in [6.45, 7) is 2.56. The number of aliphatic imine (C=N–C) groups is 1. The number of hydrogen-bond acceptors (Lipinski definition) is 3. The van der Waals surface area contributed by atoms with Gasteiger partial charge in [0, 0.05) is 42.9 Å². The molecular weight excluding hydrogens is 238 g/mol. The van der Waals surface area contributed by atoms with Gasteiger partial charge in [-0.3, -0.25) is 9.20 Å². The lowest BCUT2D eigenvalue weighted by molar-refractivity contribution is 0.680. The minimum atomic E-state index is -0.908. The molecule has 0 aliphatic rings. The van der Waals surface area contributed by atoms with E-state index in [-0.39, 0.29) is 0 Å². The van der Waals surface area contributed by atoms with Crippen molar-refractivity contribution in [3.8, 4) is 0 Å². The molecule has 3 N–H and O–H groups in total. The predicted octanol–water partition coefficient (Wildman–Crippen LogP) is -0.238. The predicted molar refractivity (Wildman–Crippen MR) is 70.5 cm³/mol. The highest BCUT2D eigenvalue weighted by molar-refractivity contribution is 7.84. The van der Waals surface area contributed by atoms with E-state index in [1.165, 1.54) is 0 Å². The van der Waals surface area contributed by atoms with Crippen LogP contribution in [0.3, 0.4) is 0 Å². The van der Waals surface area contributed by atoms with Crippen LogP contribution in [-0.2, 0) is 16.6 Å². The van der Waals surface area contributed by atoms with Crippen LogP contribution in [0.4, 0.5) is 0 Å². The topological polar surface area (TPSA) is 82.2 Å². The zero-order chi connectivity index (χ0) is 12.7. The highest BCUT2D eigenvalue weighted by Crippen LogP contribution is 2.03. The molecule has 1 heterocycles. The van der Waals surface area contributed by atoms with Crippen molar-refractivity contribution in [3.63, 3.8) is 0 Å². The number of rotatable bonds is 5. The van der Waals surface area contributed by atoms with Crippen molar-refractivity contribution >= 4 is 16.8 Å². The molecule has 1 rings (SSSR count). The van der Waals surface area contributed by atoms with E-state index in [4.69, 9.17) is 0 Å². The summed E-state index contributed by atoms with van der Waals surface area (Å²) in [4.78, 5) is 11.1. The zero-order valence-electron chi connectivity index (χ0n) is 10.4. The lowest BCUT2D eigenvalue weighted by Crippen LogP contribution is -2.36. The maximum Gasteiger partial charge on any atom is 0.190 e. The van der Waals surface area contributed by atoms with Crippen molar-refractivity contribution < 1.29 is 4.21 Å². The van der Waals surface area contributed by atoms with E-state index in [1.54, 1.807) is 20.4 Å². The SMILES string of the molecule is CN=C(NC)NCCS(=O)Cc1nc[nH]c1C. The molecule has 1 aromatic rings. The van der Waals surface area contributed by atoms with Crippen LogP contribution in [-0.4, -0.2) is 46.5 Å². The van der Waals surface area contributed by atoms with E-state index >= 15 is 0 Å². The van der Waals surface area contributed by atoms with Gasteiger partial charge in [0.2, 0.25) is 0 Å². The van der Waals surface area contributed by atoms with Crippen LogP contribution in [0, 0.1) is 6.92 Å². The van der Waals surface area contributed by atoms with E-state index in [9.17, 15) is 4.21 Å². The standard InChI is InChI=1S/C10H19N5OS/c1-8-9(15-7-14-8)6-17(16)5-4-13-10(11-2)12-3/h7H,4-6H2,1-3H3,(H,14,15)(H2,11,12,13). The quantitative estimate of drug-likeness (QED) is 0.502. The molecular formula is C10H19N5OS. The molecule has 6 nitrogen and oxygen atoms in total. The average Bonchev–Trinajstić information content (AvgIpc) is 2.71. The first-order chi connectivity index (χ1) is 8.17. The Bertz CT molecular complexity index is 401. The average molecular weight is 257 g/mol. The maximum absolute atomic E-state index is 11.8. The van der Waals surface area contributed by atoms with Gasteiger partial charge in [-0.05, 0) is 6.92 Å². The van der Waals surface area contributed by atoms with Crippen LogP contribution in [0.15, 0.2) is 11.3 Å². The van der Waals surface area contributed by atoms with Gasteiger partial charge in [-0.15, -0.1) is 0 Å². The fourth-order valence-electron chi connectivity index (χ4n) is 1.32. The number of nitrogens with zero attached hydrogens (tertiary/aromatic N) is 2. The Hall–Kier alpha value is -1.37. The molecule has 0 aromatic carbocycles. The number of aromatic amines is 1. The lowest BCUT2D eigenvalue weighted by Gasteiger charge is -2.07. The van der Waals surface area contributed by atoms with Crippen molar-refractivity contribution in [3.05, 3.63) is 17.7 Å². The van der Waals surface area contributed by atoms with Crippen molar-refractivity contribution in [1.82, 2.24) is 20.6 Å². The molecule has 0 fully saturated rings. The van der Waals surface area contributed by atoms with Gasteiger partial charge in [0.05, 0.1) is 17.8 Å². The smallest absolute Gasteiger partial charge is 0.190 e. The number of aromatic nitrogens is 2. The second-order valence-electron chi connectivity index (χ2n) is 3.51. The molecule has 96 valence electrons. The van der Waals surface area contributed by atoms with Gasteiger partial charge in [-0.2, -0.15) is 0 Å². The summed E-state index contributed by atoms with van der Waals surface area (Å²) in [5.41, 5.74) is 1.86. The number of guanidine groups is 1. The second kappa shape index (κ2) is 7.05. The number of hydrogen-bond donors (Lipinski definition) is 3. The highest BCUT2D eigenvalue weighted by atomic mass is 32.2. The van der Waals surface area contributed by atoms with Gasteiger partial charge in [0.25, 0.3) is 0 Å². The normalized spacial score (nSPS) is 13.5. The Morgan fingerprint density at radius 1 is 1.65 bits per heavy atom. The summed E-state index contributed by atoms with van der Waals surface area (Å²) in [6.07, 6.45) is 1.63. The van der Waals surface area contributed by atoms with E-state index in [2.05, 4.69) is 25.6 Å². The molecule has 0 radical (unpaired) electrons. The molecule has 0 aliphatic carbocycles. The van der Waals surface area contributed by atoms with Crippen LogP contribution >= 0.6 is 0 Å². The first-order valence-corrected chi connectivity index (χ1v) is 6.88. The first kappa shape index (κ1) is 13.7. The molecule has 1 aromatic heterocycles. The zero-order valence-corrected chi connectivity index (χ0v) is 11.2. The molecule has 0 saturated heterocycles. The molecule has 0 amide bonds. The van der Waals surface area contributed by atoms with Gasteiger partial charge < -0.3 is 15.6 Å². The summed E-state index contributed by atoms with van der Waals surface area (Å²) in [7, 11) is 2.58. The summed E-state index contributed by atoms with van der Waals surface area (Å²) in [5, 5.41) is 5.96. The fraction of sp³-hybridized carbons (Fsp3) is 0.600. The van der Waals surface area contributed by atoms with Crippen molar-refractivity contribution in [2.24, 2.45) is 4.99 Å². The summed E-state index contributed by atoms with van der Waals surface area (Å²) >= 11 is 0. The molecule has 0 aliphatic heterocycles. The van der Waals surface area contributed by atoms with Crippen LogP contribution in [0.1, 0.15) is 11.4 Å². The molecule has 1 atom stereocenters. The number of H-pyrrole nitrogens is 1. The summed E-state index contributed by atoms with van der Waals surface area (Å²) < 4.78 is 11.8. The molecule has 0 spiro atoms. The Morgan fingerprint density at radius 2 is 2.41 bits per heavy atom. The van der Waals surface area contributed by atoms with Gasteiger partial charge in [-0.1, -0.05) is 0 Å². The van der Waals surface area contributed by atoms with Crippen molar-refractivity contribution in [2.75, 3.05) is 26.4 Å². The van der Waals surface area contributed by atoms with E-state index < -0.39 is 10.8 Å². The first-order valence-electron chi connectivity index (χ1n) is 5.39. The Labute approximate surface area is 104 Å². The molecule has 7 heteroatoms. The van der Waals surface area contributed by atoms with Crippen LogP contribution in [0.2, 0.25) is 0 Å². The number of imidazole rings is 1. The highest BCUT2D eigenvalue weighted by Gasteiger charge is 2.06. The van der Waals surface area contributed by atoms with Gasteiger partial charge in [-0.25, -0.2) is 4.98 Å². The van der Waals surface area contributed by atoms with Crippen molar-refractivity contribution in [2.45, 2.75) is 12.7 Å². The molecule has 0 saturated carbocycles. The monoisotopic (exact) mass is 257 g/mol. The number of aryl methyl sites for hydroxylation is 1. The van der Waals surface area contributed by atoms with Gasteiger partial charge in [0.15, 0.2) is 5.96 Å². The van der Waals surface area contributed by atoms with Crippen molar-refractivity contribution in [1.29, 1.82) is 0 Å². The third-order valence-corrected chi connectivity index (χ3v) is 3.57. The fourth-order valence-corrected chi connectivity index (χ4v) is 2.39. The number of nitrogens with one attached hydrogen (secondary N) is 3. The molecule has 0 bridgehead atoms. The van der Waals surface area contributed by atoms with E-state index in [1.807, 2.05) is 6.92 Å². The Balaban J connectivity index is 2.29. The third kappa shape index (κ3) is 4.56. The molecule has 1 unspecified atom stereocenters. The largest absolute Gasteiger partial charge is 0.359 e. The van der Waals surface area contributed by atoms with E-state index in [0.29, 0.717) is 24.0 Å². The second-order valence-corrected chi connectivity index (χ2v) is 5.09. The summed E-state index contributed by atoms with van der Waals surface area (Å²) in [6, 6.07) is 0. The minimum Gasteiger partial charge on any atom is -0.359 e. The van der Waals surface area contributed by atoms with Crippen LogP contribution in [0.5, 0.6) is 0 Å². The van der Waals surface area contributed by atoms with Crippen LogP contribution in [0.25, 0.3) is 0 Å². The van der Waals surface area contributed by atoms with E-state index in [0.717, 1.165) is 11.4 Å². The lowest BCUT2D eigenvalue weighted by atomic mass is 10.4. The van der Waals surface area contributed by atoms with Crippen LogP contribution < -0.4 is 10.6 Å². The van der Waals surface area contributed by atoms with Gasteiger partial charge >= 0.3 is 0 Å². The molecule has 17 heavy (non-hydrogen) atoms. The summed E-state index contributed by atoms with van der Waals surface area (Å²) in [5.74, 6) is 1.78.